The number of anilines is 1. The first kappa shape index (κ1) is 12.4. The highest BCUT2D eigenvalue weighted by atomic mass is 16.2. The van der Waals surface area contributed by atoms with Gasteiger partial charge in [-0.2, -0.15) is 0 Å². The van der Waals surface area contributed by atoms with E-state index in [0.29, 0.717) is 0 Å². The van der Waals surface area contributed by atoms with Crippen LogP contribution in [0.3, 0.4) is 0 Å². The molecule has 0 amide bonds. The Bertz CT molecular complexity index is 329. The van der Waals surface area contributed by atoms with Gasteiger partial charge in [-0.15, -0.1) is 0 Å². The molecule has 3 heteroatoms. The Kier molecular flexibility index (Phi) is 4.40. The van der Waals surface area contributed by atoms with E-state index in [1.54, 1.807) is 0 Å². The molecule has 0 aromatic heterocycles. The summed E-state index contributed by atoms with van der Waals surface area (Å²) in [5.74, 6) is 0. The van der Waals surface area contributed by atoms with Gasteiger partial charge >= 0.3 is 0 Å². The Hall–Kier alpha value is -1.06. The topological polar surface area (TPSA) is 26.7 Å². The molecule has 1 saturated heterocycles. The van der Waals surface area contributed by atoms with Crippen molar-refractivity contribution < 1.29 is 5.11 Å². The molecule has 1 fully saturated rings. The number of piperazine rings is 1. The Morgan fingerprint density at radius 2 is 1.71 bits per heavy atom. The Morgan fingerprint density at radius 1 is 1.06 bits per heavy atom. The molecule has 0 saturated carbocycles. The van der Waals surface area contributed by atoms with E-state index in [1.165, 1.54) is 11.3 Å². The third-order valence-corrected chi connectivity index (χ3v) is 3.52. The summed E-state index contributed by atoms with van der Waals surface area (Å²) in [5, 5.41) is 8.88. The summed E-state index contributed by atoms with van der Waals surface area (Å²) in [7, 11) is 0. The molecule has 0 spiro atoms. The number of rotatable bonds is 4. The van der Waals surface area contributed by atoms with Crippen LogP contribution in [0.2, 0.25) is 0 Å². The van der Waals surface area contributed by atoms with Crippen LogP contribution in [0, 0.1) is 0 Å². The number of nitrogens with zero attached hydrogens (tertiary/aromatic N) is 2. The molecular weight excluding hydrogens is 212 g/mol. The fourth-order valence-electron chi connectivity index (χ4n) is 2.32. The van der Waals surface area contributed by atoms with Crippen molar-refractivity contribution in [2.45, 2.75) is 13.3 Å². The molecule has 0 unspecified atom stereocenters. The predicted octanol–water partition coefficient (Wildman–Crippen LogP) is 1.36. The molecule has 0 atom stereocenters. The summed E-state index contributed by atoms with van der Waals surface area (Å²) in [6.07, 6.45) is 0.754. The standard InChI is InChI=1S/C14H22N2O/c1-2-15-8-10-16(11-9-15)14-5-3-13(4-6-14)7-12-17/h3-6,17H,2,7-12H2,1H3. The van der Waals surface area contributed by atoms with E-state index < -0.39 is 0 Å². The smallest absolute Gasteiger partial charge is 0.0471 e. The van der Waals surface area contributed by atoms with Crippen molar-refractivity contribution in [3.8, 4) is 0 Å². The Morgan fingerprint density at radius 3 is 2.24 bits per heavy atom. The lowest BCUT2D eigenvalue weighted by Gasteiger charge is -2.35. The van der Waals surface area contributed by atoms with E-state index in [4.69, 9.17) is 5.11 Å². The molecule has 0 bridgehead atoms. The van der Waals surface area contributed by atoms with Crippen LogP contribution in [-0.2, 0) is 6.42 Å². The highest BCUT2D eigenvalue weighted by molar-refractivity contribution is 5.48. The van der Waals surface area contributed by atoms with Gasteiger partial charge in [0.25, 0.3) is 0 Å². The molecule has 0 radical (unpaired) electrons. The maximum Gasteiger partial charge on any atom is 0.0471 e. The Labute approximate surface area is 104 Å². The minimum absolute atomic E-state index is 0.231. The molecule has 0 aliphatic carbocycles. The molecule has 1 heterocycles. The van der Waals surface area contributed by atoms with Gasteiger partial charge in [0.2, 0.25) is 0 Å². The van der Waals surface area contributed by atoms with Gasteiger partial charge in [-0.3, -0.25) is 0 Å². The monoisotopic (exact) mass is 234 g/mol. The van der Waals surface area contributed by atoms with Gasteiger partial charge in [0, 0.05) is 38.5 Å². The van der Waals surface area contributed by atoms with Crippen LogP contribution in [0.1, 0.15) is 12.5 Å². The minimum atomic E-state index is 0.231. The molecule has 1 aliphatic rings. The van der Waals surface area contributed by atoms with Gasteiger partial charge < -0.3 is 14.9 Å². The second-order valence-corrected chi connectivity index (χ2v) is 4.56. The lowest BCUT2D eigenvalue weighted by atomic mass is 10.1. The van der Waals surface area contributed by atoms with Crippen LogP contribution in [0.25, 0.3) is 0 Å². The van der Waals surface area contributed by atoms with Gasteiger partial charge in [-0.25, -0.2) is 0 Å². The first-order valence-corrected chi connectivity index (χ1v) is 6.50. The number of aliphatic hydroxyl groups excluding tert-OH is 1. The largest absolute Gasteiger partial charge is 0.396 e. The highest BCUT2D eigenvalue weighted by Gasteiger charge is 2.15. The van der Waals surface area contributed by atoms with Crippen molar-refractivity contribution in [2.75, 3.05) is 44.2 Å². The van der Waals surface area contributed by atoms with Crippen LogP contribution >= 0.6 is 0 Å². The third kappa shape index (κ3) is 3.20. The number of benzene rings is 1. The molecule has 3 nitrogen and oxygen atoms in total. The first-order chi connectivity index (χ1) is 8.33. The summed E-state index contributed by atoms with van der Waals surface area (Å²) in [6.45, 7) is 8.17. The number of hydrogen-bond donors (Lipinski definition) is 1. The van der Waals surface area contributed by atoms with Crippen molar-refractivity contribution >= 4 is 5.69 Å². The van der Waals surface area contributed by atoms with E-state index in [1.807, 2.05) is 0 Å². The van der Waals surface area contributed by atoms with Crippen LogP contribution in [0.5, 0.6) is 0 Å². The van der Waals surface area contributed by atoms with Crippen molar-refractivity contribution in [1.82, 2.24) is 4.90 Å². The fourth-order valence-corrected chi connectivity index (χ4v) is 2.32. The lowest BCUT2D eigenvalue weighted by Crippen LogP contribution is -2.46. The highest BCUT2D eigenvalue weighted by Crippen LogP contribution is 2.17. The predicted molar refractivity (Wildman–Crippen MR) is 71.6 cm³/mol. The second kappa shape index (κ2) is 6.03. The molecule has 2 rings (SSSR count). The van der Waals surface area contributed by atoms with E-state index in [0.717, 1.165) is 39.1 Å². The normalized spacial score (nSPS) is 17.4. The van der Waals surface area contributed by atoms with Crippen LogP contribution in [-0.4, -0.2) is 49.3 Å². The maximum absolute atomic E-state index is 8.88. The molecular formula is C14H22N2O. The summed E-state index contributed by atoms with van der Waals surface area (Å²) in [5.41, 5.74) is 2.52. The SMILES string of the molecule is CCN1CCN(c2ccc(CCO)cc2)CC1. The van der Waals surface area contributed by atoms with Crippen LogP contribution in [0.15, 0.2) is 24.3 Å². The van der Waals surface area contributed by atoms with Crippen molar-refractivity contribution in [3.05, 3.63) is 29.8 Å². The number of aliphatic hydroxyl groups is 1. The molecule has 1 N–H and O–H groups in total. The first-order valence-electron chi connectivity index (χ1n) is 6.50. The Balaban J connectivity index is 1.94. The zero-order valence-corrected chi connectivity index (χ0v) is 10.6. The van der Waals surface area contributed by atoms with Crippen LogP contribution in [0.4, 0.5) is 5.69 Å². The number of likely N-dealkylation sites (N-methyl/N-ethyl adjacent to an activating group) is 1. The summed E-state index contributed by atoms with van der Waals surface area (Å²) in [4.78, 5) is 4.92. The van der Waals surface area contributed by atoms with E-state index >= 15 is 0 Å². The molecule has 94 valence electrons. The summed E-state index contributed by atoms with van der Waals surface area (Å²) < 4.78 is 0. The van der Waals surface area contributed by atoms with Gasteiger partial charge in [-0.1, -0.05) is 19.1 Å². The molecule has 17 heavy (non-hydrogen) atoms. The van der Waals surface area contributed by atoms with Gasteiger partial charge in [0.15, 0.2) is 0 Å². The van der Waals surface area contributed by atoms with Crippen molar-refractivity contribution in [3.63, 3.8) is 0 Å². The fraction of sp³-hybridized carbons (Fsp3) is 0.571. The lowest BCUT2D eigenvalue weighted by molar-refractivity contribution is 0.271. The zero-order valence-electron chi connectivity index (χ0n) is 10.6. The summed E-state index contributed by atoms with van der Waals surface area (Å²) in [6, 6.07) is 8.59. The van der Waals surface area contributed by atoms with Gasteiger partial charge in [-0.05, 0) is 30.7 Å². The molecule has 1 aromatic rings. The van der Waals surface area contributed by atoms with Crippen molar-refractivity contribution in [1.29, 1.82) is 0 Å². The maximum atomic E-state index is 8.88. The average molecular weight is 234 g/mol. The second-order valence-electron chi connectivity index (χ2n) is 4.56. The molecule has 1 aromatic carbocycles. The average Bonchev–Trinajstić information content (AvgIpc) is 2.40. The van der Waals surface area contributed by atoms with Crippen molar-refractivity contribution in [2.24, 2.45) is 0 Å². The zero-order chi connectivity index (χ0) is 12.1. The van der Waals surface area contributed by atoms with E-state index in [-0.39, 0.29) is 6.61 Å². The van der Waals surface area contributed by atoms with E-state index in [2.05, 4.69) is 41.0 Å². The van der Waals surface area contributed by atoms with E-state index in [9.17, 15) is 0 Å². The van der Waals surface area contributed by atoms with Gasteiger partial charge in [0.1, 0.15) is 0 Å². The third-order valence-electron chi connectivity index (χ3n) is 3.52. The quantitative estimate of drug-likeness (QED) is 0.852. The molecule has 1 aliphatic heterocycles. The van der Waals surface area contributed by atoms with Crippen LogP contribution < -0.4 is 4.90 Å². The summed E-state index contributed by atoms with van der Waals surface area (Å²) >= 11 is 0. The minimum Gasteiger partial charge on any atom is -0.396 e. The van der Waals surface area contributed by atoms with Gasteiger partial charge in [0.05, 0.1) is 0 Å². The number of hydrogen-bond acceptors (Lipinski definition) is 3.